The minimum atomic E-state index is -3.46. The van der Waals surface area contributed by atoms with Crippen LogP contribution in [0.3, 0.4) is 0 Å². The summed E-state index contributed by atoms with van der Waals surface area (Å²) in [5.74, 6) is 0.0215. The van der Waals surface area contributed by atoms with Gasteiger partial charge >= 0.3 is 0 Å². The van der Waals surface area contributed by atoms with Crippen LogP contribution in [0.4, 0.5) is 0 Å². The van der Waals surface area contributed by atoms with E-state index in [1.807, 2.05) is 33.9 Å². The third kappa shape index (κ3) is 3.56. The monoisotopic (exact) mass is 396 g/mol. The molecule has 0 radical (unpaired) electrons. The number of hydrogen-bond acceptors (Lipinski definition) is 5. The first-order chi connectivity index (χ1) is 12.2. The van der Waals surface area contributed by atoms with Crippen LogP contribution in [0.25, 0.3) is 0 Å². The Hall–Kier alpha value is -1.71. The van der Waals surface area contributed by atoms with Crippen LogP contribution >= 0.6 is 11.3 Å². The first kappa shape index (κ1) is 19.1. The number of nitrogens with zero attached hydrogens (tertiary/aromatic N) is 4. The van der Waals surface area contributed by atoms with Crippen molar-refractivity contribution in [2.24, 2.45) is 7.05 Å². The molecule has 3 rings (SSSR count). The van der Waals surface area contributed by atoms with E-state index < -0.39 is 10.0 Å². The molecule has 0 aromatic carbocycles. The molecule has 7 nitrogen and oxygen atoms in total. The van der Waals surface area contributed by atoms with E-state index in [1.165, 1.54) is 15.6 Å². The number of sulfonamides is 1. The van der Waals surface area contributed by atoms with Crippen molar-refractivity contribution in [2.45, 2.75) is 31.4 Å². The minimum Gasteiger partial charge on any atom is -0.340 e. The molecule has 2 aromatic rings. The fourth-order valence-corrected chi connectivity index (χ4v) is 6.05. The molecular formula is C17H24N4O3S2. The van der Waals surface area contributed by atoms with Crippen LogP contribution in [0.2, 0.25) is 0 Å². The van der Waals surface area contributed by atoms with Crippen molar-refractivity contribution in [3.05, 3.63) is 34.0 Å². The van der Waals surface area contributed by atoms with Crippen molar-refractivity contribution in [1.82, 2.24) is 19.0 Å². The molecule has 1 saturated heterocycles. The van der Waals surface area contributed by atoms with Gasteiger partial charge < -0.3 is 4.90 Å². The van der Waals surface area contributed by atoms with E-state index in [-0.39, 0.29) is 5.91 Å². The molecule has 1 aliphatic rings. The Labute approximate surface area is 158 Å². The smallest absolute Gasteiger partial charge is 0.252 e. The lowest BCUT2D eigenvalue weighted by atomic mass is 10.1. The summed E-state index contributed by atoms with van der Waals surface area (Å²) in [5.41, 5.74) is 2.82. The van der Waals surface area contributed by atoms with Crippen LogP contribution in [0.15, 0.2) is 16.3 Å². The minimum absolute atomic E-state index is 0.0215. The molecule has 0 unspecified atom stereocenters. The van der Waals surface area contributed by atoms with Crippen molar-refractivity contribution >= 4 is 27.3 Å². The fraction of sp³-hybridized carbons (Fsp3) is 0.529. The number of aryl methyl sites for hydroxylation is 3. The van der Waals surface area contributed by atoms with Crippen molar-refractivity contribution < 1.29 is 13.2 Å². The summed E-state index contributed by atoms with van der Waals surface area (Å²) < 4.78 is 29.0. The second-order valence-corrected chi connectivity index (χ2v) is 10.1. The molecule has 3 heterocycles. The maximum Gasteiger partial charge on any atom is 0.252 e. The van der Waals surface area contributed by atoms with Gasteiger partial charge in [-0.15, -0.1) is 11.3 Å². The Kier molecular flexibility index (Phi) is 5.23. The average Bonchev–Trinajstić information content (AvgIpc) is 3.14. The highest BCUT2D eigenvalue weighted by molar-refractivity contribution is 7.91. The van der Waals surface area contributed by atoms with E-state index >= 15 is 0 Å². The molecule has 2 aromatic heterocycles. The summed E-state index contributed by atoms with van der Waals surface area (Å²) in [6.45, 7) is 7.25. The first-order valence-corrected chi connectivity index (χ1v) is 10.8. The number of hydrogen-bond donors (Lipinski definition) is 0. The Bertz CT molecular complexity index is 922. The number of carbonyl (C=O) groups is 1. The Morgan fingerprint density at radius 3 is 2.31 bits per heavy atom. The molecule has 142 valence electrons. The summed E-state index contributed by atoms with van der Waals surface area (Å²) in [7, 11) is -1.59. The molecule has 0 N–H and O–H groups in total. The molecule has 0 aliphatic carbocycles. The number of piperazine rings is 1. The summed E-state index contributed by atoms with van der Waals surface area (Å²) in [6.07, 6.45) is 0.308. The fourth-order valence-electron chi connectivity index (χ4n) is 3.19. The van der Waals surface area contributed by atoms with Gasteiger partial charge in [-0.05, 0) is 32.9 Å². The van der Waals surface area contributed by atoms with Gasteiger partial charge in [0.25, 0.3) is 10.0 Å². The number of amides is 1. The molecular weight excluding hydrogens is 372 g/mol. The maximum absolute atomic E-state index is 12.7. The standard InChI is InChI=1S/C17H24N4O3S2/c1-12-5-6-17(25-12)26(23,24)21-9-7-20(8-10-21)16(22)11-15-13(2)18-19(4)14(15)3/h5-6H,7-11H2,1-4H3. The van der Waals surface area contributed by atoms with Gasteiger partial charge in [0.1, 0.15) is 4.21 Å². The highest BCUT2D eigenvalue weighted by atomic mass is 32.2. The zero-order valence-electron chi connectivity index (χ0n) is 15.5. The lowest BCUT2D eigenvalue weighted by molar-refractivity contribution is -0.131. The first-order valence-electron chi connectivity index (χ1n) is 8.53. The topological polar surface area (TPSA) is 75.5 Å². The van der Waals surface area contributed by atoms with Gasteiger partial charge in [0, 0.05) is 49.4 Å². The normalized spacial score (nSPS) is 16.2. The largest absolute Gasteiger partial charge is 0.340 e. The van der Waals surface area contributed by atoms with Gasteiger partial charge in [0.2, 0.25) is 5.91 Å². The summed E-state index contributed by atoms with van der Waals surface area (Å²) in [4.78, 5) is 15.4. The van der Waals surface area contributed by atoms with Gasteiger partial charge in [-0.25, -0.2) is 8.42 Å². The van der Waals surface area contributed by atoms with Crippen molar-refractivity contribution in [3.8, 4) is 0 Å². The van der Waals surface area contributed by atoms with Gasteiger partial charge in [0.15, 0.2) is 0 Å². The molecule has 26 heavy (non-hydrogen) atoms. The zero-order valence-corrected chi connectivity index (χ0v) is 17.2. The van der Waals surface area contributed by atoms with Crippen LogP contribution < -0.4 is 0 Å². The van der Waals surface area contributed by atoms with E-state index in [0.29, 0.717) is 36.8 Å². The lowest BCUT2D eigenvalue weighted by Crippen LogP contribution is -2.50. The quantitative estimate of drug-likeness (QED) is 0.785. The summed E-state index contributed by atoms with van der Waals surface area (Å²) in [6, 6.07) is 3.47. The molecule has 0 bridgehead atoms. The van der Waals surface area contributed by atoms with Crippen molar-refractivity contribution in [2.75, 3.05) is 26.2 Å². The van der Waals surface area contributed by atoms with Crippen molar-refractivity contribution in [3.63, 3.8) is 0 Å². The molecule has 0 saturated carbocycles. The predicted octanol–water partition coefficient (Wildman–Crippen LogP) is 1.48. The second kappa shape index (κ2) is 7.13. The van der Waals surface area contributed by atoms with E-state index in [1.54, 1.807) is 15.6 Å². The highest BCUT2D eigenvalue weighted by Crippen LogP contribution is 2.25. The molecule has 0 spiro atoms. The Balaban J connectivity index is 1.64. The Morgan fingerprint density at radius 1 is 1.15 bits per heavy atom. The number of rotatable bonds is 4. The maximum atomic E-state index is 12.7. The van der Waals surface area contributed by atoms with Crippen LogP contribution in [-0.2, 0) is 28.3 Å². The predicted molar refractivity (Wildman–Crippen MR) is 101 cm³/mol. The van der Waals surface area contributed by atoms with Crippen LogP contribution in [-0.4, -0.2) is 59.5 Å². The van der Waals surface area contributed by atoms with Crippen LogP contribution in [0, 0.1) is 20.8 Å². The van der Waals surface area contributed by atoms with E-state index in [2.05, 4.69) is 5.10 Å². The van der Waals surface area contributed by atoms with Gasteiger partial charge in [0.05, 0.1) is 12.1 Å². The average molecular weight is 397 g/mol. The summed E-state index contributed by atoms with van der Waals surface area (Å²) in [5, 5.41) is 4.35. The zero-order chi connectivity index (χ0) is 19.1. The molecule has 1 amide bonds. The molecule has 1 aliphatic heterocycles. The molecule has 1 fully saturated rings. The van der Waals surface area contributed by atoms with Gasteiger partial charge in [-0.2, -0.15) is 9.40 Å². The van der Waals surface area contributed by atoms with Crippen LogP contribution in [0.1, 0.15) is 21.8 Å². The number of carbonyl (C=O) groups excluding carboxylic acids is 1. The highest BCUT2D eigenvalue weighted by Gasteiger charge is 2.31. The number of thiophene rings is 1. The molecule has 9 heteroatoms. The third-order valence-electron chi connectivity index (χ3n) is 4.89. The van der Waals surface area contributed by atoms with E-state index in [9.17, 15) is 13.2 Å². The van der Waals surface area contributed by atoms with Crippen molar-refractivity contribution in [1.29, 1.82) is 0 Å². The van der Waals surface area contributed by atoms with Gasteiger partial charge in [-0.1, -0.05) is 0 Å². The van der Waals surface area contributed by atoms with Crippen LogP contribution in [0.5, 0.6) is 0 Å². The van der Waals surface area contributed by atoms with E-state index in [4.69, 9.17) is 0 Å². The van der Waals surface area contributed by atoms with E-state index in [0.717, 1.165) is 21.8 Å². The second-order valence-electron chi connectivity index (χ2n) is 6.60. The van der Waals surface area contributed by atoms with Gasteiger partial charge in [-0.3, -0.25) is 9.48 Å². The third-order valence-corrected chi connectivity index (χ3v) is 8.25. The lowest BCUT2D eigenvalue weighted by Gasteiger charge is -2.33. The summed E-state index contributed by atoms with van der Waals surface area (Å²) >= 11 is 1.28. The SMILES string of the molecule is Cc1ccc(S(=O)(=O)N2CCN(C(=O)Cc3c(C)nn(C)c3C)CC2)s1. The molecule has 0 atom stereocenters. The Morgan fingerprint density at radius 2 is 1.81 bits per heavy atom. The number of aromatic nitrogens is 2.